The van der Waals surface area contributed by atoms with Gasteiger partial charge in [0.15, 0.2) is 0 Å². The number of para-hydroxylation sites is 1. The second-order valence-corrected chi connectivity index (χ2v) is 2.84. The third kappa shape index (κ3) is 1.08. The van der Waals surface area contributed by atoms with Crippen molar-refractivity contribution in [2.24, 2.45) is 5.10 Å². The van der Waals surface area contributed by atoms with Gasteiger partial charge in [-0.2, -0.15) is 5.01 Å². The molecule has 1 aromatic carbocycles. The number of hydrazone groups is 1. The molecule has 1 aliphatic rings. The van der Waals surface area contributed by atoms with Crippen LogP contribution in [0.5, 0.6) is 0 Å². The Balaban J connectivity index is 2.64. The second kappa shape index (κ2) is 3.14. The molecule has 1 aromatic rings. The number of hydrogen-bond acceptors (Lipinski definition) is 4. The van der Waals surface area contributed by atoms with Crippen LogP contribution in [0.2, 0.25) is 0 Å². The van der Waals surface area contributed by atoms with E-state index in [0.717, 1.165) is 5.01 Å². The van der Waals surface area contributed by atoms with Crippen molar-refractivity contribution < 1.29 is 9.59 Å². The van der Waals surface area contributed by atoms with Crippen molar-refractivity contribution in [3.05, 3.63) is 29.8 Å². The molecule has 0 unspecified atom stereocenters. The maximum absolute atomic E-state index is 11.4. The van der Waals surface area contributed by atoms with Gasteiger partial charge in [-0.1, -0.05) is 12.1 Å². The zero-order valence-corrected chi connectivity index (χ0v) is 7.75. The Kier molecular flexibility index (Phi) is 1.96. The maximum Gasteiger partial charge on any atom is 0.320 e. The minimum Gasteiger partial charge on any atom is -0.283 e. The summed E-state index contributed by atoms with van der Waals surface area (Å²) in [6.07, 6.45) is 0. The van der Waals surface area contributed by atoms with Crippen LogP contribution in [0.15, 0.2) is 29.4 Å². The Morgan fingerprint density at radius 3 is 2.71 bits per heavy atom. The molecule has 0 spiro atoms. The van der Waals surface area contributed by atoms with Gasteiger partial charge in [0, 0.05) is 0 Å². The number of hydrogen-bond donors (Lipinski definition) is 0. The monoisotopic (exact) mass is 204 g/mol. The number of isothiocyanates is 1. The van der Waals surface area contributed by atoms with Crippen molar-refractivity contribution in [3.63, 3.8) is 0 Å². The summed E-state index contributed by atoms with van der Waals surface area (Å²) < 4.78 is 0. The van der Waals surface area contributed by atoms with Crippen LogP contribution in [-0.2, 0) is 4.79 Å². The highest BCUT2D eigenvalue weighted by Crippen LogP contribution is 2.28. The van der Waals surface area contributed by atoms with E-state index < -0.39 is 11.7 Å². The fraction of sp³-hybridized carbons (Fsp3) is 0. The van der Waals surface area contributed by atoms with Gasteiger partial charge in [-0.3, -0.25) is 9.59 Å². The summed E-state index contributed by atoms with van der Waals surface area (Å²) in [6.45, 7) is 0. The lowest BCUT2D eigenvalue weighted by molar-refractivity contribution is -0.114. The highest BCUT2D eigenvalue weighted by Gasteiger charge is 2.35. The number of rotatable bonds is 1. The molecule has 0 saturated heterocycles. The fourth-order valence-electron chi connectivity index (χ4n) is 1.31. The minimum absolute atomic E-state index is 0.353. The van der Waals surface area contributed by atoms with Gasteiger partial charge < -0.3 is 0 Å². The Bertz CT molecular complexity index is 477. The lowest BCUT2D eigenvalue weighted by atomic mass is 10.1. The number of anilines is 1. The molecule has 0 radical (unpaired) electrons. The molecule has 1 amide bonds. The molecule has 14 heavy (non-hydrogen) atoms. The summed E-state index contributed by atoms with van der Waals surface area (Å²) >= 11 is 4.39. The minimum atomic E-state index is -0.691. The van der Waals surface area contributed by atoms with E-state index in [9.17, 15) is 9.59 Å². The molecule has 1 heterocycles. The van der Waals surface area contributed by atoms with Crippen molar-refractivity contribution in [1.29, 1.82) is 0 Å². The lowest BCUT2D eigenvalue weighted by Gasteiger charge is -2.05. The third-order valence-corrected chi connectivity index (χ3v) is 1.99. The molecule has 0 bridgehead atoms. The quantitative estimate of drug-likeness (QED) is 0.393. The van der Waals surface area contributed by atoms with Gasteiger partial charge in [0.2, 0.25) is 0 Å². The molecule has 4 nitrogen and oxygen atoms in total. The number of carbonyl (C=O) groups is 2. The van der Waals surface area contributed by atoms with Crippen LogP contribution in [0.1, 0.15) is 10.4 Å². The molecule has 0 fully saturated rings. The van der Waals surface area contributed by atoms with Crippen molar-refractivity contribution in [2.45, 2.75) is 0 Å². The number of Topliss-reactive ketones (excluding diaryl/α,β-unsaturated/α-hetero) is 1. The molecule has 0 N–H and O–H groups in total. The van der Waals surface area contributed by atoms with Crippen molar-refractivity contribution >= 4 is 34.8 Å². The fourth-order valence-corrected chi connectivity index (χ4v) is 1.39. The van der Waals surface area contributed by atoms with Gasteiger partial charge in [-0.15, -0.1) is 5.10 Å². The number of fused-ring (bicyclic) bond motifs is 1. The predicted octanol–water partition coefficient (Wildman–Crippen LogP) is 1.23. The predicted molar refractivity (Wildman–Crippen MR) is 53.3 cm³/mol. The number of amides is 1. The molecule has 2 rings (SSSR count). The standard InChI is InChI=1S/C9H4N2O2S/c12-8-6-3-1-2-4-7(6)11(9(8)13)10-5-14/h1-4H. The molecule has 0 saturated carbocycles. The molecular weight excluding hydrogens is 200 g/mol. The van der Waals surface area contributed by atoms with Crippen LogP contribution >= 0.6 is 12.2 Å². The van der Waals surface area contributed by atoms with Gasteiger partial charge in [-0.25, -0.2) is 0 Å². The summed E-state index contributed by atoms with van der Waals surface area (Å²) in [7, 11) is 0. The zero-order chi connectivity index (χ0) is 10.1. The first-order valence-electron chi connectivity index (χ1n) is 3.81. The SMILES string of the molecule is O=C1C(=O)N(N=C=S)c2ccccc21. The topological polar surface area (TPSA) is 49.7 Å². The maximum atomic E-state index is 11.4. The average Bonchev–Trinajstić information content (AvgIpc) is 2.45. The first-order valence-corrected chi connectivity index (χ1v) is 4.22. The lowest BCUT2D eigenvalue weighted by Crippen LogP contribution is -2.23. The van der Waals surface area contributed by atoms with Crippen LogP contribution in [0.3, 0.4) is 0 Å². The van der Waals surface area contributed by atoms with E-state index in [0.29, 0.717) is 11.3 Å². The van der Waals surface area contributed by atoms with Crippen molar-refractivity contribution in [2.75, 3.05) is 5.01 Å². The normalized spacial score (nSPS) is 13.9. The van der Waals surface area contributed by atoms with Crippen LogP contribution < -0.4 is 5.01 Å². The summed E-state index contributed by atoms with van der Waals surface area (Å²) in [5.41, 5.74) is 0.811. The Labute approximate surface area is 84.8 Å². The number of nitrogens with zero attached hydrogens (tertiary/aromatic N) is 2. The van der Waals surface area contributed by atoms with Gasteiger partial charge in [0.05, 0.1) is 16.4 Å². The first-order chi connectivity index (χ1) is 6.75. The molecule has 5 heteroatoms. The van der Waals surface area contributed by atoms with Gasteiger partial charge >= 0.3 is 5.91 Å². The average molecular weight is 204 g/mol. The highest BCUT2D eigenvalue weighted by atomic mass is 32.1. The Morgan fingerprint density at radius 1 is 1.29 bits per heavy atom. The van der Waals surface area contributed by atoms with E-state index in [1.165, 1.54) is 0 Å². The van der Waals surface area contributed by atoms with Gasteiger partial charge in [0.25, 0.3) is 5.78 Å². The van der Waals surface area contributed by atoms with Crippen LogP contribution in [0.4, 0.5) is 5.69 Å². The number of benzene rings is 1. The van der Waals surface area contributed by atoms with Gasteiger partial charge in [0.1, 0.15) is 0 Å². The smallest absolute Gasteiger partial charge is 0.283 e. The van der Waals surface area contributed by atoms with Gasteiger partial charge in [-0.05, 0) is 24.4 Å². The summed E-state index contributed by atoms with van der Waals surface area (Å²) in [5.74, 6) is -1.25. The summed E-state index contributed by atoms with van der Waals surface area (Å²) in [4.78, 5) is 22.7. The zero-order valence-electron chi connectivity index (χ0n) is 6.93. The van der Waals surface area contributed by atoms with Crippen LogP contribution in [0.25, 0.3) is 0 Å². The van der Waals surface area contributed by atoms with E-state index in [-0.39, 0.29) is 0 Å². The van der Waals surface area contributed by atoms with E-state index in [1.54, 1.807) is 24.3 Å². The second-order valence-electron chi connectivity index (χ2n) is 2.65. The number of carbonyl (C=O) groups excluding carboxylic acids is 2. The number of ketones is 1. The van der Waals surface area contributed by atoms with Crippen molar-refractivity contribution in [1.82, 2.24) is 0 Å². The van der Waals surface area contributed by atoms with Crippen molar-refractivity contribution in [3.8, 4) is 0 Å². The highest BCUT2D eigenvalue weighted by molar-refractivity contribution is 7.78. The third-order valence-electron chi connectivity index (χ3n) is 1.90. The molecule has 0 aromatic heterocycles. The molecule has 0 atom stereocenters. The van der Waals surface area contributed by atoms with E-state index >= 15 is 0 Å². The molecule has 0 aliphatic carbocycles. The molecular formula is C9H4N2O2S. The molecule has 1 aliphatic heterocycles. The molecule has 68 valence electrons. The van der Waals surface area contributed by atoms with E-state index in [4.69, 9.17) is 0 Å². The first kappa shape index (κ1) is 8.74. The van der Waals surface area contributed by atoms with E-state index in [2.05, 4.69) is 22.5 Å². The largest absolute Gasteiger partial charge is 0.320 e. The van der Waals surface area contributed by atoms with Crippen LogP contribution in [-0.4, -0.2) is 16.9 Å². The Morgan fingerprint density at radius 2 is 2.00 bits per heavy atom. The number of thiocarbonyl (C=S) groups is 1. The van der Waals surface area contributed by atoms with Crippen LogP contribution in [0, 0.1) is 0 Å². The summed E-state index contributed by atoms with van der Waals surface area (Å²) in [6, 6.07) is 6.62. The van der Waals surface area contributed by atoms with E-state index in [1.807, 2.05) is 0 Å². The summed E-state index contributed by atoms with van der Waals surface area (Å²) in [5, 5.41) is 6.55. The Hall–Kier alpha value is -1.84.